The van der Waals surface area contributed by atoms with Crippen LogP contribution in [-0.2, 0) is 22.4 Å². The molecule has 1 aromatic carbocycles. The number of hydrogen-bond donors (Lipinski definition) is 2. The molecule has 1 aliphatic carbocycles. The first-order valence-electron chi connectivity index (χ1n) is 8.41. The van der Waals surface area contributed by atoms with Crippen LogP contribution in [0.1, 0.15) is 35.8 Å². The molecule has 1 aromatic heterocycles. The number of nitrogens with zero attached hydrogens (tertiary/aromatic N) is 1. The highest BCUT2D eigenvalue weighted by molar-refractivity contribution is 8.00. The monoisotopic (exact) mass is 385 g/mol. The van der Waals surface area contributed by atoms with Gasteiger partial charge in [0.25, 0.3) is 0 Å². The molecule has 0 aliphatic heterocycles. The highest BCUT2D eigenvalue weighted by Gasteiger charge is 2.21. The molecule has 26 heavy (non-hydrogen) atoms. The maximum Gasteiger partial charge on any atom is 0.235 e. The number of carbonyl (C=O) groups excluding carboxylic acids is 2. The van der Waals surface area contributed by atoms with Gasteiger partial charge in [0, 0.05) is 22.4 Å². The van der Waals surface area contributed by atoms with E-state index in [9.17, 15) is 14.9 Å². The number of nitrogens with one attached hydrogen (secondary N) is 2. The quantitative estimate of drug-likeness (QED) is 0.756. The number of amides is 2. The third kappa shape index (κ3) is 4.45. The first-order chi connectivity index (χ1) is 12.6. The predicted molar refractivity (Wildman–Crippen MR) is 106 cm³/mol. The third-order valence-electron chi connectivity index (χ3n) is 4.08. The van der Waals surface area contributed by atoms with E-state index in [-0.39, 0.29) is 17.6 Å². The van der Waals surface area contributed by atoms with Gasteiger partial charge in [-0.1, -0.05) is 0 Å². The first-order valence-corrected chi connectivity index (χ1v) is 10.2. The van der Waals surface area contributed by atoms with Crippen LogP contribution >= 0.6 is 23.1 Å². The SMILES string of the molecule is CC(=O)Nc1ccc(SCC(=O)Nc2sc3c(c2C#N)CCCC3)cc1. The molecule has 1 aliphatic rings. The van der Waals surface area contributed by atoms with Crippen molar-refractivity contribution in [3.05, 3.63) is 40.3 Å². The summed E-state index contributed by atoms with van der Waals surface area (Å²) in [6.07, 6.45) is 4.19. The van der Waals surface area contributed by atoms with Gasteiger partial charge in [-0.3, -0.25) is 9.59 Å². The van der Waals surface area contributed by atoms with Gasteiger partial charge in [0.2, 0.25) is 11.8 Å². The molecular weight excluding hydrogens is 366 g/mol. The van der Waals surface area contributed by atoms with Gasteiger partial charge in [-0.05, 0) is 55.5 Å². The summed E-state index contributed by atoms with van der Waals surface area (Å²) in [6, 6.07) is 9.61. The fourth-order valence-corrected chi connectivity index (χ4v) is 4.88. The van der Waals surface area contributed by atoms with Crippen molar-refractivity contribution in [1.82, 2.24) is 0 Å². The van der Waals surface area contributed by atoms with Crippen molar-refractivity contribution in [3.8, 4) is 6.07 Å². The minimum atomic E-state index is -0.115. The van der Waals surface area contributed by atoms with E-state index < -0.39 is 0 Å². The van der Waals surface area contributed by atoms with E-state index in [0.29, 0.717) is 10.6 Å². The van der Waals surface area contributed by atoms with Crippen LogP contribution in [0.4, 0.5) is 10.7 Å². The molecule has 0 fully saturated rings. The second-order valence-corrected chi connectivity index (χ2v) is 8.22. The van der Waals surface area contributed by atoms with Gasteiger partial charge < -0.3 is 10.6 Å². The zero-order chi connectivity index (χ0) is 18.5. The molecule has 134 valence electrons. The van der Waals surface area contributed by atoms with Crippen LogP contribution in [-0.4, -0.2) is 17.6 Å². The van der Waals surface area contributed by atoms with Gasteiger partial charge in [-0.15, -0.1) is 23.1 Å². The second-order valence-electron chi connectivity index (χ2n) is 6.07. The van der Waals surface area contributed by atoms with Gasteiger partial charge in [-0.25, -0.2) is 0 Å². The number of carbonyl (C=O) groups is 2. The molecule has 0 atom stereocenters. The first kappa shape index (κ1) is 18.5. The van der Waals surface area contributed by atoms with Crippen molar-refractivity contribution in [2.24, 2.45) is 0 Å². The largest absolute Gasteiger partial charge is 0.326 e. The summed E-state index contributed by atoms with van der Waals surface area (Å²) in [5.74, 6) is 0.0418. The molecule has 0 radical (unpaired) electrons. The van der Waals surface area contributed by atoms with E-state index in [4.69, 9.17) is 0 Å². The van der Waals surface area contributed by atoms with Crippen LogP contribution in [0.3, 0.4) is 0 Å². The summed E-state index contributed by atoms with van der Waals surface area (Å²) >= 11 is 2.96. The number of anilines is 2. The summed E-state index contributed by atoms with van der Waals surface area (Å²) in [6.45, 7) is 1.46. The smallest absolute Gasteiger partial charge is 0.235 e. The Labute approximate surface area is 160 Å². The fourth-order valence-electron chi connectivity index (χ4n) is 2.92. The molecule has 0 saturated carbocycles. The topological polar surface area (TPSA) is 82.0 Å². The van der Waals surface area contributed by atoms with Crippen LogP contribution in [0.15, 0.2) is 29.2 Å². The maximum absolute atomic E-state index is 12.3. The number of rotatable bonds is 5. The van der Waals surface area contributed by atoms with E-state index in [1.165, 1.54) is 23.6 Å². The number of benzene rings is 1. The summed E-state index contributed by atoms with van der Waals surface area (Å²) in [4.78, 5) is 25.5. The van der Waals surface area contributed by atoms with Crippen LogP contribution in [0, 0.1) is 11.3 Å². The summed E-state index contributed by atoms with van der Waals surface area (Å²) in [5, 5.41) is 15.7. The van der Waals surface area contributed by atoms with Crippen LogP contribution in [0.2, 0.25) is 0 Å². The van der Waals surface area contributed by atoms with Gasteiger partial charge in [0.15, 0.2) is 0 Å². The van der Waals surface area contributed by atoms with E-state index >= 15 is 0 Å². The molecule has 2 amide bonds. The lowest BCUT2D eigenvalue weighted by atomic mass is 9.96. The highest BCUT2D eigenvalue weighted by atomic mass is 32.2. The van der Waals surface area contributed by atoms with Crippen LogP contribution < -0.4 is 10.6 Å². The zero-order valence-electron chi connectivity index (χ0n) is 14.4. The average molecular weight is 386 g/mol. The van der Waals surface area contributed by atoms with Crippen LogP contribution in [0.25, 0.3) is 0 Å². The molecule has 7 heteroatoms. The van der Waals surface area contributed by atoms with Crippen LogP contribution in [0.5, 0.6) is 0 Å². The molecule has 2 N–H and O–H groups in total. The Bertz CT molecular complexity index is 866. The van der Waals surface area contributed by atoms with Crippen molar-refractivity contribution in [2.45, 2.75) is 37.5 Å². The summed E-state index contributed by atoms with van der Waals surface area (Å²) < 4.78 is 0. The Morgan fingerprint density at radius 1 is 1.19 bits per heavy atom. The third-order valence-corrected chi connectivity index (χ3v) is 6.30. The molecule has 0 spiro atoms. The van der Waals surface area contributed by atoms with Crippen molar-refractivity contribution >= 4 is 45.6 Å². The number of aryl methyl sites for hydroxylation is 1. The average Bonchev–Trinajstić information content (AvgIpc) is 2.97. The molecule has 3 rings (SSSR count). The van der Waals surface area contributed by atoms with Crippen molar-refractivity contribution < 1.29 is 9.59 Å². The number of fused-ring (bicyclic) bond motifs is 1. The minimum Gasteiger partial charge on any atom is -0.326 e. The number of thioether (sulfide) groups is 1. The predicted octanol–water partition coefficient (Wildman–Crippen LogP) is 4.19. The molecule has 0 saturated heterocycles. The minimum absolute atomic E-state index is 0.114. The molecule has 5 nitrogen and oxygen atoms in total. The fraction of sp³-hybridized carbons (Fsp3) is 0.316. The van der Waals surface area contributed by atoms with Crippen molar-refractivity contribution in [2.75, 3.05) is 16.4 Å². The molecule has 2 aromatic rings. The van der Waals surface area contributed by atoms with E-state index in [1.807, 2.05) is 24.3 Å². The number of thiophene rings is 1. The Kier molecular flexibility index (Phi) is 5.96. The van der Waals surface area contributed by atoms with E-state index in [1.54, 1.807) is 11.3 Å². The number of hydrogen-bond acceptors (Lipinski definition) is 5. The normalized spacial score (nSPS) is 12.8. The lowest BCUT2D eigenvalue weighted by molar-refractivity contribution is -0.114. The highest BCUT2D eigenvalue weighted by Crippen LogP contribution is 2.37. The lowest BCUT2D eigenvalue weighted by Gasteiger charge is -2.09. The van der Waals surface area contributed by atoms with Gasteiger partial charge >= 0.3 is 0 Å². The second kappa shape index (κ2) is 8.39. The molecule has 0 bridgehead atoms. The summed E-state index contributed by atoms with van der Waals surface area (Å²) in [7, 11) is 0. The molecule has 1 heterocycles. The number of nitriles is 1. The maximum atomic E-state index is 12.3. The van der Waals surface area contributed by atoms with E-state index in [2.05, 4.69) is 16.7 Å². The van der Waals surface area contributed by atoms with Crippen molar-refractivity contribution in [3.63, 3.8) is 0 Å². The Balaban J connectivity index is 1.59. The zero-order valence-corrected chi connectivity index (χ0v) is 16.1. The summed E-state index contributed by atoms with van der Waals surface area (Å²) in [5.41, 5.74) is 2.50. The van der Waals surface area contributed by atoms with Crippen molar-refractivity contribution in [1.29, 1.82) is 5.26 Å². The van der Waals surface area contributed by atoms with Gasteiger partial charge in [-0.2, -0.15) is 5.26 Å². The Morgan fingerprint density at radius 2 is 1.92 bits per heavy atom. The Morgan fingerprint density at radius 3 is 2.62 bits per heavy atom. The standard InChI is InChI=1S/C19H19N3O2S2/c1-12(23)21-13-6-8-14(9-7-13)25-11-18(24)22-19-16(10-20)15-4-2-3-5-17(15)26-19/h6-9H,2-5,11H2,1H3,(H,21,23)(H,22,24). The van der Waals surface area contributed by atoms with E-state index in [0.717, 1.165) is 41.8 Å². The Hall–Kier alpha value is -2.30. The van der Waals surface area contributed by atoms with Gasteiger partial charge in [0.1, 0.15) is 11.1 Å². The molecule has 0 unspecified atom stereocenters. The molecular formula is C19H19N3O2S2. The lowest BCUT2D eigenvalue weighted by Crippen LogP contribution is -2.14. The van der Waals surface area contributed by atoms with Gasteiger partial charge in [0.05, 0.1) is 11.3 Å².